The topological polar surface area (TPSA) is 104 Å². The summed E-state index contributed by atoms with van der Waals surface area (Å²) in [5.74, 6) is -0.612. The Morgan fingerprint density at radius 3 is 2.55 bits per heavy atom. The Morgan fingerprint density at radius 1 is 1.27 bits per heavy atom. The number of benzene rings is 1. The van der Waals surface area contributed by atoms with Gasteiger partial charge in [0.05, 0.1) is 6.16 Å². The Bertz CT molecular complexity index is 686. The second-order valence-electron chi connectivity index (χ2n) is 5.24. The Hall–Kier alpha value is -1.62. The largest absolute Gasteiger partial charge is 0.507 e. The van der Waals surface area contributed by atoms with Crippen LogP contribution in [0.3, 0.4) is 0 Å². The number of ether oxygens (including phenoxy) is 1. The summed E-state index contributed by atoms with van der Waals surface area (Å²) in [5, 5.41) is 10.4. The van der Waals surface area contributed by atoms with Crippen molar-refractivity contribution in [2.45, 2.75) is 33.3 Å². The summed E-state index contributed by atoms with van der Waals surface area (Å²) in [5.41, 5.74) is 3.42. The zero-order valence-corrected chi connectivity index (χ0v) is 13.4. The molecule has 7 heteroatoms. The molecule has 0 aliphatic carbocycles. The van der Waals surface area contributed by atoms with Gasteiger partial charge in [-0.3, -0.25) is 4.57 Å². The molecule has 0 aromatic heterocycles. The fourth-order valence-electron chi connectivity index (χ4n) is 2.75. The van der Waals surface area contributed by atoms with E-state index in [1.165, 1.54) is 6.08 Å². The second kappa shape index (κ2) is 6.24. The van der Waals surface area contributed by atoms with Crippen LogP contribution in [0.15, 0.2) is 12.2 Å². The van der Waals surface area contributed by atoms with Gasteiger partial charge in [0.2, 0.25) is 0 Å². The molecule has 0 spiro atoms. The number of carbonyl (C=O) groups is 1. The summed E-state index contributed by atoms with van der Waals surface area (Å²) < 4.78 is 15.8. The Balaban J connectivity index is 2.39. The van der Waals surface area contributed by atoms with Crippen LogP contribution in [0.1, 0.15) is 39.5 Å². The quantitative estimate of drug-likeness (QED) is 0.435. The third kappa shape index (κ3) is 3.24. The van der Waals surface area contributed by atoms with Crippen LogP contribution in [0.5, 0.6) is 5.75 Å². The number of esters is 1. The minimum Gasteiger partial charge on any atom is -0.507 e. The normalized spacial score (nSPS) is 14.5. The van der Waals surface area contributed by atoms with Crippen molar-refractivity contribution in [3.63, 3.8) is 0 Å². The van der Waals surface area contributed by atoms with E-state index in [1.54, 1.807) is 6.08 Å². The van der Waals surface area contributed by atoms with Gasteiger partial charge < -0.3 is 19.6 Å². The van der Waals surface area contributed by atoms with E-state index < -0.39 is 13.6 Å². The van der Waals surface area contributed by atoms with Gasteiger partial charge >= 0.3 is 13.6 Å². The molecule has 6 nitrogen and oxygen atoms in total. The number of hydrogen-bond donors (Lipinski definition) is 3. The molecule has 2 rings (SSSR count). The molecule has 0 bridgehead atoms. The number of allylic oxidation sites excluding steroid dienone is 2. The lowest BCUT2D eigenvalue weighted by Gasteiger charge is -2.15. The van der Waals surface area contributed by atoms with Crippen LogP contribution in [-0.2, 0) is 28.8 Å². The molecular weight excluding hydrogens is 307 g/mol. The highest BCUT2D eigenvalue weighted by atomic mass is 31.2. The van der Waals surface area contributed by atoms with Crippen LogP contribution in [-0.4, -0.2) is 27.0 Å². The Kier molecular flexibility index (Phi) is 4.75. The summed E-state index contributed by atoms with van der Waals surface area (Å²) in [4.78, 5) is 29.4. The van der Waals surface area contributed by atoms with E-state index in [9.17, 15) is 14.5 Å². The summed E-state index contributed by atoms with van der Waals surface area (Å²) in [6.07, 6.45) is 3.63. The zero-order valence-electron chi connectivity index (χ0n) is 12.5. The summed E-state index contributed by atoms with van der Waals surface area (Å²) in [7, 11) is -4.07. The number of fused-ring (bicyclic) bond motifs is 1. The predicted molar refractivity (Wildman–Crippen MR) is 81.1 cm³/mol. The van der Waals surface area contributed by atoms with Crippen LogP contribution in [0.4, 0.5) is 0 Å². The minimum absolute atomic E-state index is 0.0826. The first kappa shape index (κ1) is 16.7. The van der Waals surface area contributed by atoms with Crippen molar-refractivity contribution in [3.8, 4) is 5.75 Å². The molecule has 3 N–H and O–H groups in total. The van der Waals surface area contributed by atoms with Gasteiger partial charge in [0.15, 0.2) is 0 Å². The molecule has 0 amide bonds. The number of aromatic hydroxyl groups is 1. The molecule has 120 valence electrons. The number of phenols is 1. The fourth-order valence-corrected chi connectivity index (χ4v) is 3.18. The smallest absolute Gasteiger partial charge is 0.342 e. The van der Waals surface area contributed by atoms with Crippen molar-refractivity contribution in [3.05, 3.63) is 40.0 Å². The van der Waals surface area contributed by atoms with Crippen molar-refractivity contribution < 1.29 is 29.0 Å². The SMILES string of the molecule is CCc1c(C)c2c(c(O)c1C/C=C/CP(=O)(O)O)C(=O)OC2. The van der Waals surface area contributed by atoms with E-state index in [2.05, 4.69) is 0 Å². The number of carbonyl (C=O) groups excluding carboxylic acids is 1. The molecule has 0 radical (unpaired) electrons. The number of cyclic esters (lactones) is 1. The maximum absolute atomic E-state index is 11.7. The van der Waals surface area contributed by atoms with Gasteiger partial charge in [-0.2, -0.15) is 0 Å². The van der Waals surface area contributed by atoms with Gasteiger partial charge in [0.25, 0.3) is 0 Å². The van der Waals surface area contributed by atoms with Crippen LogP contribution >= 0.6 is 7.60 Å². The molecule has 0 saturated heterocycles. The van der Waals surface area contributed by atoms with Crippen molar-refractivity contribution in [2.24, 2.45) is 0 Å². The van der Waals surface area contributed by atoms with E-state index in [4.69, 9.17) is 14.5 Å². The number of rotatable bonds is 5. The van der Waals surface area contributed by atoms with E-state index in [0.717, 1.165) is 16.7 Å². The van der Waals surface area contributed by atoms with Crippen LogP contribution in [0.25, 0.3) is 0 Å². The van der Waals surface area contributed by atoms with E-state index in [0.29, 0.717) is 18.4 Å². The van der Waals surface area contributed by atoms with Crippen LogP contribution in [0, 0.1) is 6.92 Å². The highest BCUT2D eigenvalue weighted by Gasteiger charge is 2.30. The molecular formula is C15H19O6P. The number of phenolic OH excluding ortho intramolecular Hbond substituents is 1. The zero-order chi connectivity index (χ0) is 16.5. The molecule has 22 heavy (non-hydrogen) atoms. The highest BCUT2D eigenvalue weighted by Crippen LogP contribution is 2.38. The lowest BCUT2D eigenvalue weighted by atomic mass is 9.89. The van der Waals surface area contributed by atoms with Crippen LogP contribution < -0.4 is 0 Å². The number of hydrogen-bond acceptors (Lipinski definition) is 4. The first-order valence-corrected chi connectivity index (χ1v) is 8.78. The van der Waals surface area contributed by atoms with Crippen molar-refractivity contribution >= 4 is 13.6 Å². The lowest BCUT2D eigenvalue weighted by molar-refractivity contribution is 0.0533. The first-order valence-electron chi connectivity index (χ1n) is 6.99. The van der Waals surface area contributed by atoms with Gasteiger partial charge in [-0.05, 0) is 30.9 Å². The molecule has 0 fully saturated rings. The maximum Gasteiger partial charge on any atom is 0.342 e. The minimum atomic E-state index is -4.07. The molecule has 0 unspecified atom stereocenters. The van der Waals surface area contributed by atoms with E-state index in [-0.39, 0.29) is 24.1 Å². The third-order valence-electron chi connectivity index (χ3n) is 3.83. The van der Waals surface area contributed by atoms with Crippen molar-refractivity contribution in [1.29, 1.82) is 0 Å². The monoisotopic (exact) mass is 326 g/mol. The van der Waals surface area contributed by atoms with Gasteiger partial charge in [-0.1, -0.05) is 19.1 Å². The lowest BCUT2D eigenvalue weighted by Crippen LogP contribution is -2.04. The molecule has 1 aliphatic rings. The average molecular weight is 326 g/mol. The van der Waals surface area contributed by atoms with Gasteiger partial charge in [0, 0.05) is 11.1 Å². The summed E-state index contributed by atoms with van der Waals surface area (Å²) in [6, 6.07) is 0. The Labute approximate surface area is 128 Å². The van der Waals surface area contributed by atoms with Crippen LogP contribution in [0.2, 0.25) is 0 Å². The molecule has 1 aromatic carbocycles. The van der Waals surface area contributed by atoms with Gasteiger partial charge in [-0.25, -0.2) is 4.79 Å². The first-order chi connectivity index (χ1) is 10.3. The molecule has 0 atom stereocenters. The third-order valence-corrected chi connectivity index (χ3v) is 4.52. The highest BCUT2D eigenvalue weighted by molar-refractivity contribution is 7.51. The molecule has 1 aromatic rings. The molecule has 0 saturated carbocycles. The predicted octanol–water partition coefficient (Wildman–Crippen LogP) is 2.21. The standard InChI is InChI=1S/C15H19O6P/c1-3-10-9(2)12-8-21-15(17)13(12)14(16)11(10)6-4-5-7-22(18,19)20/h4-5,16H,3,6-8H2,1-2H3,(H2,18,19,20)/b5-4+. The maximum atomic E-state index is 11.7. The van der Waals surface area contributed by atoms with E-state index >= 15 is 0 Å². The van der Waals surface area contributed by atoms with Crippen molar-refractivity contribution in [1.82, 2.24) is 0 Å². The molecule has 1 aliphatic heterocycles. The van der Waals surface area contributed by atoms with Gasteiger partial charge in [0.1, 0.15) is 17.9 Å². The average Bonchev–Trinajstić information content (AvgIpc) is 2.81. The Morgan fingerprint density at radius 2 is 1.95 bits per heavy atom. The van der Waals surface area contributed by atoms with Gasteiger partial charge in [-0.15, -0.1) is 0 Å². The molecule has 1 heterocycles. The summed E-state index contributed by atoms with van der Waals surface area (Å²) >= 11 is 0. The van der Waals surface area contributed by atoms with Crippen molar-refractivity contribution in [2.75, 3.05) is 6.16 Å². The second-order valence-corrected chi connectivity index (χ2v) is 6.93. The fraction of sp³-hybridized carbons (Fsp3) is 0.400. The van der Waals surface area contributed by atoms with E-state index in [1.807, 2.05) is 13.8 Å². The summed E-state index contributed by atoms with van der Waals surface area (Å²) in [6.45, 7) is 4.02.